The quantitative estimate of drug-likeness (QED) is 0.634. The molecule has 2 amide bonds. The summed E-state index contributed by atoms with van der Waals surface area (Å²) in [7, 11) is 0. The Hall–Kier alpha value is -1.21. The highest BCUT2D eigenvalue weighted by Crippen LogP contribution is 2.22. The fourth-order valence-corrected chi connectivity index (χ4v) is 1.63. The molecule has 6 nitrogen and oxygen atoms in total. The Bertz CT molecular complexity index is 357. The highest BCUT2D eigenvalue weighted by molar-refractivity contribution is 7.80. The van der Waals surface area contributed by atoms with Crippen LogP contribution in [0.4, 0.5) is 0 Å². The van der Waals surface area contributed by atoms with Crippen molar-refractivity contribution in [3.63, 3.8) is 0 Å². The van der Waals surface area contributed by atoms with E-state index in [2.05, 4.69) is 0 Å². The first kappa shape index (κ1) is 13.9. The molecule has 1 aliphatic heterocycles. The number of rotatable bonds is 3. The third-order valence-corrected chi connectivity index (χ3v) is 3.38. The molecule has 0 aromatic heterocycles. The molecule has 1 fully saturated rings. The zero-order chi connectivity index (χ0) is 13.2. The van der Waals surface area contributed by atoms with Gasteiger partial charge < -0.3 is 21.1 Å². The third kappa shape index (κ3) is 2.73. The fraction of sp³-hybridized carbons (Fsp3) is 0.700. The lowest BCUT2D eigenvalue weighted by Gasteiger charge is -2.38. The van der Waals surface area contributed by atoms with E-state index in [9.17, 15) is 9.59 Å². The molecule has 1 saturated heterocycles. The molecule has 1 atom stereocenters. The smallest absolute Gasteiger partial charge is 0.242 e. The molecule has 0 saturated carbocycles. The summed E-state index contributed by atoms with van der Waals surface area (Å²) < 4.78 is 5.14. The average Bonchev–Trinajstić information content (AvgIpc) is 2.27. The molecular formula is C10H17N3O3S. The molecule has 1 heterocycles. The van der Waals surface area contributed by atoms with Crippen molar-refractivity contribution in [2.75, 3.05) is 19.8 Å². The van der Waals surface area contributed by atoms with Crippen molar-refractivity contribution in [1.29, 1.82) is 0 Å². The summed E-state index contributed by atoms with van der Waals surface area (Å²) in [5.41, 5.74) is 9.79. The molecule has 1 aliphatic rings. The summed E-state index contributed by atoms with van der Waals surface area (Å²) in [6.07, 6.45) is 0. The van der Waals surface area contributed by atoms with Gasteiger partial charge in [-0.25, -0.2) is 0 Å². The van der Waals surface area contributed by atoms with Crippen LogP contribution in [-0.4, -0.2) is 47.5 Å². The van der Waals surface area contributed by atoms with E-state index in [0.29, 0.717) is 13.2 Å². The van der Waals surface area contributed by atoms with E-state index in [1.807, 2.05) is 0 Å². The SMILES string of the molecule is CC(C)(C(=O)N1CCOCC1C(N)=O)C(N)=S. The average molecular weight is 259 g/mol. The number of primary amides is 1. The van der Waals surface area contributed by atoms with Crippen molar-refractivity contribution in [1.82, 2.24) is 4.90 Å². The summed E-state index contributed by atoms with van der Waals surface area (Å²) in [6.45, 7) is 4.08. The van der Waals surface area contributed by atoms with E-state index in [0.717, 1.165) is 0 Å². The van der Waals surface area contributed by atoms with Crippen LogP contribution in [0, 0.1) is 5.41 Å². The maximum atomic E-state index is 12.3. The highest BCUT2D eigenvalue weighted by atomic mass is 32.1. The predicted octanol–water partition coefficient (Wildman–Crippen LogP) is -0.989. The number of morpholine rings is 1. The third-order valence-electron chi connectivity index (χ3n) is 2.87. The van der Waals surface area contributed by atoms with Crippen molar-refractivity contribution < 1.29 is 14.3 Å². The van der Waals surface area contributed by atoms with E-state index in [1.165, 1.54) is 4.90 Å². The molecule has 4 N–H and O–H groups in total. The highest BCUT2D eigenvalue weighted by Gasteiger charge is 2.40. The summed E-state index contributed by atoms with van der Waals surface area (Å²) in [4.78, 5) is 25.0. The number of nitrogens with zero attached hydrogens (tertiary/aromatic N) is 1. The zero-order valence-corrected chi connectivity index (χ0v) is 10.8. The van der Waals surface area contributed by atoms with Crippen LogP contribution in [0.5, 0.6) is 0 Å². The Kier molecular flexibility index (Phi) is 4.05. The van der Waals surface area contributed by atoms with Crippen molar-refractivity contribution in [3.05, 3.63) is 0 Å². The van der Waals surface area contributed by atoms with Gasteiger partial charge in [0.05, 0.1) is 23.6 Å². The number of amides is 2. The number of hydrogen-bond acceptors (Lipinski definition) is 4. The summed E-state index contributed by atoms with van der Waals surface area (Å²) in [5, 5.41) is 0. The van der Waals surface area contributed by atoms with Gasteiger partial charge in [-0.3, -0.25) is 9.59 Å². The minimum absolute atomic E-state index is 0.0946. The van der Waals surface area contributed by atoms with Gasteiger partial charge in [0.2, 0.25) is 11.8 Å². The van der Waals surface area contributed by atoms with E-state index in [-0.39, 0.29) is 17.5 Å². The summed E-state index contributed by atoms with van der Waals surface area (Å²) >= 11 is 4.86. The van der Waals surface area contributed by atoms with Crippen LogP contribution in [0.1, 0.15) is 13.8 Å². The van der Waals surface area contributed by atoms with Gasteiger partial charge in [-0.1, -0.05) is 12.2 Å². The zero-order valence-electron chi connectivity index (χ0n) is 9.93. The van der Waals surface area contributed by atoms with Crippen LogP contribution < -0.4 is 11.5 Å². The van der Waals surface area contributed by atoms with Gasteiger partial charge in [-0.2, -0.15) is 0 Å². The molecule has 7 heteroatoms. The maximum Gasteiger partial charge on any atom is 0.242 e. The second-order valence-corrected chi connectivity index (χ2v) is 4.92. The molecule has 1 unspecified atom stereocenters. The van der Waals surface area contributed by atoms with Crippen LogP contribution in [0.15, 0.2) is 0 Å². The lowest BCUT2D eigenvalue weighted by atomic mass is 9.90. The lowest BCUT2D eigenvalue weighted by molar-refractivity contribution is -0.151. The number of carbonyl (C=O) groups excluding carboxylic acids is 2. The molecule has 17 heavy (non-hydrogen) atoms. The van der Waals surface area contributed by atoms with Gasteiger partial charge in [0.25, 0.3) is 0 Å². The predicted molar refractivity (Wildman–Crippen MR) is 66.1 cm³/mol. The Morgan fingerprint density at radius 2 is 2.00 bits per heavy atom. The fourth-order valence-electron chi connectivity index (χ4n) is 1.55. The Morgan fingerprint density at radius 1 is 1.41 bits per heavy atom. The molecule has 0 bridgehead atoms. The molecule has 0 aliphatic carbocycles. The van der Waals surface area contributed by atoms with Crippen LogP contribution >= 0.6 is 12.2 Å². The minimum atomic E-state index is -0.986. The normalized spacial score (nSPS) is 21.1. The number of carbonyl (C=O) groups is 2. The molecule has 0 aromatic rings. The van der Waals surface area contributed by atoms with E-state index in [4.69, 9.17) is 28.4 Å². The van der Waals surface area contributed by atoms with Crippen molar-refractivity contribution >= 4 is 29.0 Å². The van der Waals surface area contributed by atoms with E-state index in [1.54, 1.807) is 13.8 Å². The van der Waals surface area contributed by atoms with Gasteiger partial charge in [0.15, 0.2) is 0 Å². The molecule has 0 spiro atoms. The largest absolute Gasteiger partial charge is 0.392 e. The first-order valence-corrected chi connectivity index (χ1v) is 5.67. The second kappa shape index (κ2) is 4.97. The van der Waals surface area contributed by atoms with E-state index >= 15 is 0 Å². The van der Waals surface area contributed by atoms with Crippen LogP contribution in [-0.2, 0) is 14.3 Å². The summed E-state index contributed by atoms with van der Waals surface area (Å²) in [5.74, 6) is -0.881. The van der Waals surface area contributed by atoms with Crippen molar-refractivity contribution in [3.8, 4) is 0 Å². The molecule has 96 valence electrons. The van der Waals surface area contributed by atoms with Gasteiger partial charge in [-0.15, -0.1) is 0 Å². The number of nitrogens with two attached hydrogens (primary N) is 2. The number of ether oxygens (including phenoxy) is 1. The van der Waals surface area contributed by atoms with Gasteiger partial charge in [-0.05, 0) is 13.8 Å². The maximum absolute atomic E-state index is 12.3. The Balaban J connectivity index is 2.93. The van der Waals surface area contributed by atoms with Crippen molar-refractivity contribution in [2.45, 2.75) is 19.9 Å². The molecule has 1 rings (SSSR count). The second-order valence-electron chi connectivity index (χ2n) is 4.48. The van der Waals surface area contributed by atoms with Gasteiger partial charge in [0.1, 0.15) is 6.04 Å². The molecule has 0 aromatic carbocycles. The molecular weight excluding hydrogens is 242 g/mol. The minimum Gasteiger partial charge on any atom is -0.392 e. The first-order chi connectivity index (χ1) is 7.78. The lowest BCUT2D eigenvalue weighted by Crippen LogP contribution is -2.59. The van der Waals surface area contributed by atoms with E-state index < -0.39 is 17.4 Å². The first-order valence-electron chi connectivity index (χ1n) is 5.26. The van der Waals surface area contributed by atoms with Crippen molar-refractivity contribution in [2.24, 2.45) is 16.9 Å². The van der Waals surface area contributed by atoms with Crippen LogP contribution in [0.25, 0.3) is 0 Å². The number of hydrogen-bond donors (Lipinski definition) is 2. The monoisotopic (exact) mass is 259 g/mol. The topological polar surface area (TPSA) is 98.6 Å². The van der Waals surface area contributed by atoms with Gasteiger partial charge >= 0.3 is 0 Å². The summed E-state index contributed by atoms with van der Waals surface area (Å²) in [6, 6.07) is -0.745. The Labute approximate surface area is 105 Å². The standard InChI is InChI=1S/C10H17N3O3S/c1-10(2,8(12)17)9(15)13-3-4-16-5-6(13)7(11)14/h6H,3-5H2,1-2H3,(H2,11,14)(H2,12,17). The Morgan fingerprint density at radius 3 is 2.47 bits per heavy atom. The molecule has 0 radical (unpaired) electrons. The number of thiocarbonyl (C=S) groups is 1. The van der Waals surface area contributed by atoms with Crippen LogP contribution in [0.2, 0.25) is 0 Å². The van der Waals surface area contributed by atoms with Crippen LogP contribution in [0.3, 0.4) is 0 Å². The van der Waals surface area contributed by atoms with Gasteiger partial charge in [0, 0.05) is 6.54 Å².